The second kappa shape index (κ2) is 10.0. The number of esters is 1. The lowest BCUT2D eigenvalue weighted by Crippen LogP contribution is -2.21. The highest BCUT2D eigenvalue weighted by Gasteiger charge is 2.27. The third kappa shape index (κ3) is 4.94. The van der Waals surface area contributed by atoms with Gasteiger partial charge < -0.3 is 15.4 Å². The monoisotopic (exact) mass is 486 g/mol. The first kappa shape index (κ1) is 23.4. The van der Waals surface area contributed by atoms with E-state index in [-0.39, 0.29) is 11.8 Å². The molecule has 4 rings (SSSR count). The number of thiocarbonyl (C=S) groups is 1. The van der Waals surface area contributed by atoms with Gasteiger partial charge in [-0.05, 0) is 70.3 Å². The van der Waals surface area contributed by atoms with Crippen LogP contribution in [0, 0.1) is 19.7 Å². The highest BCUT2D eigenvalue weighted by Crippen LogP contribution is 2.38. The van der Waals surface area contributed by atoms with Crippen molar-refractivity contribution in [3.63, 3.8) is 0 Å². The van der Waals surface area contributed by atoms with Gasteiger partial charge in [0.15, 0.2) is 5.11 Å². The van der Waals surface area contributed by atoms with E-state index < -0.39 is 0 Å². The second-order valence-corrected chi connectivity index (χ2v) is 9.52. The van der Waals surface area contributed by atoms with Crippen LogP contribution in [-0.2, 0) is 24.1 Å². The smallest absolute Gasteiger partial charge is 0.341 e. The Bertz CT molecular complexity index is 1200. The minimum Gasteiger partial charge on any atom is -0.462 e. The number of nitrogens with one attached hydrogen (secondary N) is 2. The van der Waals surface area contributed by atoms with Crippen molar-refractivity contribution in [3.05, 3.63) is 63.0 Å². The van der Waals surface area contributed by atoms with Gasteiger partial charge in [-0.25, -0.2) is 9.18 Å². The number of hydrogen-bond acceptors (Lipinski definition) is 5. The molecule has 2 heterocycles. The average molecular weight is 487 g/mol. The molecule has 0 atom stereocenters. The SMILES string of the molecule is CCOC(=O)c1c(NC(=S)Nc2c(C)nn(Cc3ccccc3F)c2C)sc2c1CCCC2. The molecule has 0 bridgehead atoms. The van der Waals surface area contributed by atoms with Gasteiger partial charge in [0, 0.05) is 10.4 Å². The lowest BCUT2D eigenvalue weighted by Gasteiger charge is -2.13. The van der Waals surface area contributed by atoms with Crippen molar-refractivity contribution in [3.8, 4) is 0 Å². The molecular formula is C24H27FN4O2S2. The van der Waals surface area contributed by atoms with Crippen LogP contribution in [0.5, 0.6) is 0 Å². The molecule has 0 amide bonds. The molecule has 0 saturated heterocycles. The molecule has 2 N–H and O–H groups in total. The first-order chi connectivity index (χ1) is 15.9. The molecule has 1 aliphatic carbocycles. The Morgan fingerprint density at radius 2 is 2.00 bits per heavy atom. The molecule has 1 aromatic carbocycles. The van der Waals surface area contributed by atoms with Crippen LogP contribution in [0.25, 0.3) is 0 Å². The van der Waals surface area contributed by atoms with Crippen molar-refractivity contribution in [2.75, 3.05) is 17.2 Å². The third-order valence-electron chi connectivity index (χ3n) is 5.78. The molecule has 0 aliphatic heterocycles. The van der Waals surface area contributed by atoms with Gasteiger partial charge in [0.1, 0.15) is 10.8 Å². The number of ether oxygens (including phenoxy) is 1. The molecule has 0 spiro atoms. The summed E-state index contributed by atoms with van der Waals surface area (Å²) in [5.74, 6) is -0.572. The van der Waals surface area contributed by atoms with Crippen LogP contribution in [0.2, 0.25) is 0 Å². The van der Waals surface area contributed by atoms with Crippen LogP contribution >= 0.6 is 23.6 Å². The number of benzene rings is 1. The number of hydrogen-bond donors (Lipinski definition) is 2. The number of aryl methyl sites for hydroxylation is 2. The lowest BCUT2D eigenvalue weighted by molar-refractivity contribution is 0.0526. The maximum absolute atomic E-state index is 14.1. The van der Waals surface area contributed by atoms with Crippen molar-refractivity contribution >= 4 is 45.3 Å². The maximum Gasteiger partial charge on any atom is 0.341 e. The Kier molecular flexibility index (Phi) is 7.09. The maximum atomic E-state index is 14.1. The topological polar surface area (TPSA) is 68.2 Å². The van der Waals surface area contributed by atoms with E-state index in [9.17, 15) is 9.18 Å². The van der Waals surface area contributed by atoms with E-state index in [0.717, 1.165) is 48.3 Å². The van der Waals surface area contributed by atoms with Gasteiger partial charge in [-0.3, -0.25) is 4.68 Å². The summed E-state index contributed by atoms with van der Waals surface area (Å²) in [6, 6.07) is 6.68. The minimum atomic E-state index is -0.313. The van der Waals surface area contributed by atoms with Gasteiger partial charge >= 0.3 is 5.97 Å². The average Bonchev–Trinajstić information content (AvgIpc) is 3.27. The molecule has 174 valence electrons. The molecule has 6 nitrogen and oxygen atoms in total. The Balaban J connectivity index is 1.54. The van der Waals surface area contributed by atoms with E-state index in [0.29, 0.717) is 34.4 Å². The molecule has 0 radical (unpaired) electrons. The number of thiophene rings is 1. The number of carbonyl (C=O) groups is 1. The van der Waals surface area contributed by atoms with Gasteiger partial charge in [0.05, 0.1) is 35.8 Å². The number of anilines is 2. The van der Waals surface area contributed by atoms with Gasteiger partial charge in [-0.15, -0.1) is 11.3 Å². The summed E-state index contributed by atoms with van der Waals surface area (Å²) in [5, 5.41) is 12.1. The van der Waals surface area contributed by atoms with Gasteiger partial charge in [0.25, 0.3) is 0 Å². The molecule has 1 aliphatic rings. The fourth-order valence-electron chi connectivity index (χ4n) is 4.14. The van der Waals surface area contributed by atoms with Crippen molar-refractivity contribution in [2.24, 2.45) is 0 Å². The predicted molar refractivity (Wildman–Crippen MR) is 134 cm³/mol. The van der Waals surface area contributed by atoms with Gasteiger partial charge in [0.2, 0.25) is 0 Å². The third-order valence-corrected chi connectivity index (χ3v) is 7.19. The summed E-state index contributed by atoms with van der Waals surface area (Å²) in [7, 11) is 0. The van der Waals surface area contributed by atoms with E-state index in [4.69, 9.17) is 17.0 Å². The van der Waals surface area contributed by atoms with Crippen molar-refractivity contribution in [1.82, 2.24) is 9.78 Å². The van der Waals surface area contributed by atoms with Crippen LogP contribution in [0.15, 0.2) is 24.3 Å². The zero-order valence-corrected chi connectivity index (χ0v) is 20.6. The van der Waals surface area contributed by atoms with Gasteiger partial charge in [-0.2, -0.15) is 5.10 Å². The molecular weight excluding hydrogens is 459 g/mol. The summed E-state index contributed by atoms with van der Waals surface area (Å²) in [6.07, 6.45) is 4.04. The summed E-state index contributed by atoms with van der Waals surface area (Å²) in [5.41, 5.74) is 4.62. The number of aromatic nitrogens is 2. The second-order valence-electron chi connectivity index (χ2n) is 8.01. The Morgan fingerprint density at radius 3 is 2.76 bits per heavy atom. The number of fused-ring (bicyclic) bond motifs is 1. The lowest BCUT2D eigenvalue weighted by atomic mass is 9.95. The molecule has 33 heavy (non-hydrogen) atoms. The quantitative estimate of drug-likeness (QED) is 0.349. The highest BCUT2D eigenvalue weighted by molar-refractivity contribution is 7.80. The zero-order chi connectivity index (χ0) is 23.5. The first-order valence-corrected chi connectivity index (χ1v) is 12.3. The largest absolute Gasteiger partial charge is 0.462 e. The fraction of sp³-hybridized carbons (Fsp3) is 0.375. The zero-order valence-electron chi connectivity index (χ0n) is 19.0. The normalized spacial score (nSPS) is 12.8. The standard InChI is InChI=1S/C24H27FN4O2S2/c1-4-31-23(30)20-17-10-6-8-12-19(17)33-22(20)27-24(32)26-21-14(2)28-29(15(21)3)13-16-9-5-7-11-18(16)25/h5,7,9,11H,4,6,8,10,12-13H2,1-3H3,(H2,26,27,32). The van der Waals surface area contributed by atoms with E-state index >= 15 is 0 Å². The van der Waals surface area contributed by atoms with E-state index in [1.807, 2.05) is 19.9 Å². The van der Waals surface area contributed by atoms with Crippen LogP contribution in [0.1, 0.15) is 57.5 Å². The van der Waals surface area contributed by atoms with Crippen molar-refractivity contribution in [2.45, 2.75) is 53.0 Å². The molecule has 3 aromatic rings. The predicted octanol–water partition coefficient (Wildman–Crippen LogP) is 5.61. The fourth-order valence-corrected chi connectivity index (χ4v) is 5.69. The Labute approximate surface area is 202 Å². The van der Waals surface area contributed by atoms with E-state index in [1.54, 1.807) is 35.1 Å². The Morgan fingerprint density at radius 1 is 1.24 bits per heavy atom. The summed E-state index contributed by atoms with van der Waals surface area (Å²) >= 11 is 7.15. The van der Waals surface area contributed by atoms with Crippen LogP contribution < -0.4 is 10.6 Å². The summed E-state index contributed by atoms with van der Waals surface area (Å²) < 4.78 is 21.2. The van der Waals surface area contributed by atoms with Crippen LogP contribution in [-0.4, -0.2) is 27.5 Å². The van der Waals surface area contributed by atoms with Crippen molar-refractivity contribution in [1.29, 1.82) is 0 Å². The number of rotatable bonds is 6. The molecule has 2 aromatic heterocycles. The van der Waals surface area contributed by atoms with E-state index in [1.165, 1.54) is 10.9 Å². The minimum absolute atomic E-state index is 0.259. The summed E-state index contributed by atoms with van der Waals surface area (Å²) in [4.78, 5) is 13.9. The summed E-state index contributed by atoms with van der Waals surface area (Å²) in [6.45, 7) is 6.25. The first-order valence-electron chi connectivity index (χ1n) is 11.1. The molecule has 0 fully saturated rings. The van der Waals surface area contributed by atoms with Crippen LogP contribution in [0.3, 0.4) is 0 Å². The molecule has 9 heteroatoms. The number of carbonyl (C=O) groups excluding carboxylic acids is 1. The number of halogens is 1. The highest BCUT2D eigenvalue weighted by atomic mass is 32.1. The van der Waals surface area contributed by atoms with Crippen molar-refractivity contribution < 1.29 is 13.9 Å². The van der Waals surface area contributed by atoms with Gasteiger partial charge in [-0.1, -0.05) is 18.2 Å². The molecule has 0 unspecified atom stereocenters. The van der Waals surface area contributed by atoms with Crippen LogP contribution in [0.4, 0.5) is 15.1 Å². The number of nitrogens with zero attached hydrogens (tertiary/aromatic N) is 2. The Hall–Kier alpha value is -2.78. The molecule has 0 saturated carbocycles. The van der Waals surface area contributed by atoms with E-state index in [2.05, 4.69) is 15.7 Å².